The summed E-state index contributed by atoms with van der Waals surface area (Å²) in [6, 6.07) is 5.84. The van der Waals surface area contributed by atoms with E-state index in [2.05, 4.69) is 5.32 Å². The van der Waals surface area contributed by atoms with Crippen LogP contribution in [0, 0.1) is 5.82 Å². The zero-order chi connectivity index (χ0) is 15.7. The van der Waals surface area contributed by atoms with E-state index in [1.165, 1.54) is 18.2 Å². The van der Waals surface area contributed by atoms with Gasteiger partial charge in [0.2, 0.25) is 5.91 Å². The fraction of sp³-hybridized carbons (Fsp3) is 0.400. The molecule has 1 aliphatic rings. The van der Waals surface area contributed by atoms with Crippen molar-refractivity contribution >= 4 is 21.3 Å². The van der Waals surface area contributed by atoms with Gasteiger partial charge < -0.3 is 5.32 Å². The summed E-state index contributed by atoms with van der Waals surface area (Å²) >= 11 is 0. The van der Waals surface area contributed by atoms with E-state index in [1.807, 2.05) is 0 Å². The van der Waals surface area contributed by atoms with Crippen LogP contribution in [-0.2, 0) is 14.6 Å². The van der Waals surface area contributed by atoms with Crippen molar-refractivity contribution < 1.29 is 17.6 Å². The Bertz CT molecular complexity index is 679. The molecule has 0 saturated carbocycles. The lowest BCUT2D eigenvalue weighted by Crippen LogP contribution is -2.46. The molecule has 114 valence electrons. The fourth-order valence-corrected chi connectivity index (χ4v) is 4.53. The van der Waals surface area contributed by atoms with Crippen LogP contribution in [-0.4, -0.2) is 31.4 Å². The van der Waals surface area contributed by atoms with E-state index in [-0.39, 0.29) is 23.2 Å². The van der Waals surface area contributed by atoms with E-state index < -0.39 is 15.4 Å². The first-order valence-electron chi connectivity index (χ1n) is 6.66. The largest absolute Gasteiger partial charge is 0.346 e. The lowest BCUT2D eigenvalue weighted by atomic mass is 10.0. The molecular weight excluding hydrogens is 293 g/mol. The Morgan fingerprint density at radius 3 is 2.48 bits per heavy atom. The molecule has 1 amide bonds. The Kier molecular flexibility index (Phi) is 4.18. The highest BCUT2D eigenvalue weighted by molar-refractivity contribution is 7.91. The number of carbonyl (C=O) groups is 1. The predicted molar refractivity (Wildman–Crippen MR) is 79.9 cm³/mol. The molecule has 1 heterocycles. The first kappa shape index (κ1) is 15.7. The maximum absolute atomic E-state index is 12.9. The molecule has 2 rings (SSSR count). The molecule has 1 atom stereocenters. The Labute approximate surface area is 124 Å². The molecule has 0 aliphatic carbocycles. The number of rotatable bonds is 3. The molecule has 1 aromatic carbocycles. The number of amides is 1. The molecule has 1 fully saturated rings. The van der Waals surface area contributed by atoms with Gasteiger partial charge in [-0.1, -0.05) is 12.1 Å². The quantitative estimate of drug-likeness (QED) is 0.868. The number of halogens is 1. The zero-order valence-corrected chi connectivity index (χ0v) is 12.8. The van der Waals surface area contributed by atoms with Crippen LogP contribution in [0.3, 0.4) is 0 Å². The van der Waals surface area contributed by atoms with Gasteiger partial charge in [0, 0.05) is 6.08 Å². The minimum atomic E-state index is -3.06. The molecule has 4 nitrogen and oxygen atoms in total. The molecule has 21 heavy (non-hydrogen) atoms. The topological polar surface area (TPSA) is 63.2 Å². The van der Waals surface area contributed by atoms with Crippen molar-refractivity contribution in [1.29, 1.82) is 0 Å². The number of carbonyl (C=O) groups excluding carboxylic acids is 1. The number of hydrogen-bond acceptors (Lipinski definition) is 3. The molecule has 0 spiro atoms. The fourth-order valence-electron chi connectivity index (χ4n) is 2.44. The lowest BCUT2D eigenvalue weighted by Gasteiger charge is -2.23. The molecule has 1 N–H and O–H groups in total. The van der Waals surface area contributed by atoms with E-state index in [0.29, 0.717) is 12.0 Å². The molecule has 0 bridgehead atoms. The highest BCUT2D eigenvalue weighted by Crippen LogP contribution is 2.23. The van der Waals surface area contributed by atoms with Crippen LogP contribution in [0.4, 0.5) is 4.39 Å². The maximum atomic E-state index is 12.9. The second kappa shape index (κ2) is 5.60. The van der Waals surface area contributed by atoms with Gasteiger partial charge >= 0.3 is 0 Å². The summed E-state index contributed by atoms with van der Waals surface area (Å²) < 4.78 is 35.9. The Hall–Kier alpha value is -1.69. The van der Waals surface area contributed by atoms with Crippen molar-refractivity contribution in [2.75, 3.05) is 11.5 Å². The molecule has 0 unspecified atom stereocenters. The molecule has 0 aromatic heterocycles. The SMILES string of the molecule is C/C(=C\C(=O)N[C@]1(C)CCS(=O)(=O)C1)c1ccc(F)cc1. The summed E-state index contributed by atoms with van der Waals surface area (Å²) in [6.45, 7) is 3.48. The van der Waals surface area contributed by atoms with Crippen LogP contribution in [0.1, 0.15) is 25.8 Å². The van der Waals surface area contributed by atoms with Gasteiger partial charge in [-0.3, -0.25) is 4.79 Å². The Morgan fingerprint density at radius 2 is 1.95 bits per heavy atom. The molecule has 6 heteroatoms. The van der Waals surface area contributed by atoms with Gasteiger partial charge in [-0.05, 0) is 43.5 Å². The Balaban J connectivity index is 2.07. The molecule has 1 aliphatic heterocycles. The molecular formula is C15H18FNO3S. The van der Waals surface area contributed by atoms with Crippen molar-refractivity contribution in [2.45, 2.75) is 25.8 Å². The van der Waals surface area contributed by atoms with Crippen molar-refractivity contribution in [1.82, 2.24) is 5.32 Å². The third-order valence-electron chi connectivity index (χ3n) is 3.58. The monoisotopic (exact) mass is 311 g/mol. The minimum absolute atomic E-state index is 0.0326. The summed E-state index contributed by atoms with van der Waals surface area (Å²) in [5.74, 6) is -0.601. The number of benzene rings is 1. The second-order valence-corrected chi connectivity index (χ2v) is 7.91. The van der Waals surface area contributed by atoms with Gasteiger partial charge in [0.15, 0.2) is 9.84 Å². The number of sulfone groups is 1. The highest BCUT2D eigenvalue weighted by atomic mass is 32.2. The van der Waals surface area contributed by atoms with E-state index >= 15 is 0 Å². The summed E-state index contributed by atoms with van der Waals surface area (Å²) in [4.78, 5) is 12.0. The van der Waals surface area contributed by atoms with E-state index in [0.717, 1.165) is 5.56 Å². The summed E-state index contributed by atoms with van der Waals surface area (Å²) in [5, 5.41) is 2.75. The smallest absolute Gasteiger partial charge is 0.244 e. The first-order chi connectivity index (χ1) is 9.69. The van der Waals surface area contributed by atoms with Crippen molar-refractivity contribution in [3.8, 4) is 0 Å². The zero-order valence-electron chi connectivity index (χ0n) is 12.0. The number of hydrogen-bond donors (Lipinski definition) is 1. The van der Waals surface area contributed by atoms with Crippen LogP contribution in [0.25, 0.3) is 5.57 Å². The summed E-state index contributed by atoms with van der Waals surface area (Å²) in [7, 11) is -3.06. The predicted octanol–water partition coefficient (Wildman–Crippen LogP) is 1.92. The highest BCUT2D eigenvalue weighted by Gasteiger charge is 2.39. The van der Waals surface area contributed by atoms with Gasteiger partial charge in [0.1, 0.15) is 5.82 Å². The summed E-state index contributed by atoms with van der Waals surface area (Å²) in [5.41, 5.74) is 0.725. The number of nitrogens with one attached hydrogen (secondary N) is 1. The van der Waals surface area contributed by atoms with Gasteiger partial charge in [0.25, 0.3) is 0 Å². The normalized spacial score (nSPS) is 24.8. The van der Waals surface area contributed by atoms with Crippen LogP contribution in [0.5, 0.6) is 0 Å². The van der Waals surface area contributed by atoms with Crippen LogP contribution in [0.15, 0.2) is 30.3 Å². The maximum Gasteiger partial charge on any atom is 0.244 e. The summed E-state index contributed by atoms with van der Waals surface area (Å²) in [6.07, 6.45) is 1.83. The minimum Gasteiger partial charge on any atom is -0.346 e. The standard InChI is InChI=1S/C15H18FNO3S/c1-11(12-3-5-13(16)6-4-12)9-14(18)17-15(2)7-8-21(19,20)10-15/h3-6,9H,7-8,10H2,1-2H3,(H,17,18)/b11-9+/t15-/m1/s1. The van der Waals surface area contributed by atoms with Crippen molar-refractivity contribution in [3.63, 3.8) is 0 Å². The first-order valence-corrected chi connectivity index (χ1v) is 8.48. The van der Waals surface area contributed by atoms with Crippen LogP contribution in [0.2, 0.25) is 0 Å². The van der Waals surface area contributed by atoms with Gasteiger partial charge in [-0.25, -0.2) is 12.8 Å². The lowest BCUT2D eigenvalue weighted by molar-refractivity contribution is -0.117. The third kappa shape index (κ3) is 4.14. The van der Waals surface area contributed by atoms with Crippen LogP contribution >= 0.6 is 0 Å². The van der Waals surface area contributed by atoms with Gasteiger partial charge in [0.05, 0.1) is 17.0 Å². The second-order valence-electron chi connectivity index (χ2n) is 5.73. The van der Waals surface area contributed by atoms with E-state index in [1.54, 1.807) is 26.0 Å². The van der Waals surface area contributed by atoms with Crippen molar-refractivity contribution in [2.24, 2.45) is 0 Å². The molecule has 1 aromatic rings. The van der Waals surface area contributed by atoms with Crippen LogP contribution < -0.4 is 5.32 Å². The van der Waals surface area contributed by atoms with Crippen molar-refractivity contribution in [3.05, 3.63) is 41.7 Å². The van der Waals surface area contributed by atoms with Gasteiger partial charge in [-0.15, -0.1) is 0 Å². The Morgan fingerprint density at radius 1 is 1.33 bits per heavy atom. The van der Waals surface area contributed by atoms with Gasteiger partial charge in [-0.2, -0.15) is 0 Å². The van der Waals surface area contributed by atoms with E-state index in [9.17, 15) is 17.6 Å². The third-order valence-corrected chi connectivity index (χ3v) is 5.48. The average Bonchev–Trinajstić information content (AvgIpc) is 2.63. The molecule has 1 saturated heterocycles. The average molecular weight is 311 g/mol. The molecule has 0 radical (unpaired) electrons. The number of allylic oxidation sites excluding steroid dienone is 1. The van der Waals surface area contributed by atoms with E-state index in [4.69, 9.17) is 0 Å².